The highest BCUT2D eigenvalue weighted by Crippen LogP contribution is 2.48. The van der Waals surface area contributed by atoms with E-state index < -0.39 is 17.4 Å². The molecule has 1 aliphatic heterocycles. The fourth-order valence-electron chi connectivity index (χ4n) is 4.19. The van der Waals surface area contributed by atoms with Gasteiger partial charge in [-0.25, -0.2) is 4.79 Å². The van der Waals surface area contributed by atoms with E-state index in [9.17, 15) is 14.7 Å². The molecule has 1 atom stereocenters. The summed E-state index contributed by atoms with van der Waals surface area (Å²) in [6.07, 6.45) is 1.64. The second kappa shape index (κ2) is 6.56. The van der Waals surface area contributed by atoms with E-state index in [4.69, 9.17) is 10.5 Å². The molecule has 31 heavy (non-hydrogen) atoms. The van der Waals surface area contributed by atoms with Crippen LogP contribution in [0.5, 0.6) is 5.75 Å². The SMILES string of the molecule is COC(=O)C1(c2ccc(O)cc2)Nc2ccccc2-c2c(C(N)=O)nnc3[nH]cc1c23. The maximum absolute atomic E-state index is 13.4. The van der Waals surface area contributed by atoms with Crippen LogP contribution in [0.1, 0.15) is 21.6 Å². The second-order valence-corrected chi connectivity index (χ2v) is 7.17. The number of hydrogen-bond donors (Lipinski definition) is 4. The van der Waals surface area contributed by atoms with Gasteiger partial charge in [-0.05, 0) is 23.8 Å². The van der Waals surface area contributed by atoms with Gasteiger partial charge in [0.05, 0.1) is 7.11 Å². The molecule has 0 aliphatic carbocycles. The van der Waals surface area contributed by atoms with Gasteiger partial charge in [0.2, 0.25) is 0 Å². The van der Waals surface area contributed by atoms with Gasteiger partial charge < -0.3 is 25.9 Å². The number of nitrogens with zero attached hydrogens (tertiary/aromatic N) is 2. The standard InChI is InChI=1S/C22H17N5O4/c1-31-21(30)22(11-6-8-12(28)9-7-11)14-10-24-20-17(14)16(18(19(23)29)26-27-20)13-4-2-3-5-15(13)25-22/h2-10,25,28H,1H3,(H2,23,29)(H,24,27). The van der Waals surface area contributed by atoms with Gasteiger partial charge in [-0.2, -0.15) is 0 Å². The van der Waals surface area contributed by atoms with Gasteiger partial charge in [-0.1, -0.05) is 30.3 Å². The lowest BCUT2D eigenvalue weighted by Crippen LogP contribution is -2.45. The number of methoxy groups -OCH3 is 1. The average Bonchev–Trinajstić information content (AvgIpc) is 3.16. The number of rotatable bonds is 3. The number of carbonyl (C=O) groups is 2. The molecule has 0 saturated heterocycles. The Kier molecular flexibility index (Phi) is 3.94. The number of para-hydroxylation sites is 1. The van der Waals surface area contributed by atoms with Crippen molar-refractivity contribution in [1.29, 1.82) is 0 Å². The highest BCUT2D eigenvalue weighted by molar-refractivity contribution is 6.12. The summed E-state index contributed by atoms with van der Waals surface area (Å²) < 4.78 is 5.24. The third kappa shape index (κ3) is 2.49. The number of fused-ring (bicyclic) bond motifs is 2. The number of aromatic nitrogens is 3. The maximum Gasteiger partial charge on any atom is 0.341 e. The normalized spacial score (nSPS) is 16.8. The topological polar surface area (TPSA) is 143 Å². The number of benzene rings is 2. The molecule has 0 fully saturated rings. The van der Waals surface area contributed by atoms with Crippen molar-refractivity contribution in [3.63, 3.8) is 0 Å². The molecule has 4 aromatic rings. The molecular formula is C22H17N5O4. The van der Waals surface area contributed by atoms with Crippen LogP contribution in [0.3, 0.4) is 0 Å². The van der Waals surface area contributed by atoms with Crippen LogP contribution in [0.15, 0.2) is 54.7 Å². The molecule has 0 saturated carbocycles. The number of carbonyl (C=O) groups excluding carboxylic acids is 2. The number of phenols is 1. The van der Waals surface area contributed by atoms with Crippen LogP contribution >= 0.6 is 0 Å². The molecule has 1 unspecified atom stereocenters. The second-order valence-electron chi connectivity index (χ2n) is 7.17. The van der Waals surface area contributed by atoms with Crippen LogP contribution in [0.4, 0.5) is 5.69 Å². The molecule has 2 aromatic heterocycles. The molecule has 9 nitrogen and oxygen atoms in total. The summed E-state index contributed by atoms with van der Waals surface area (Å²) in [6.45, 7) is 0. The molecule has 3 heterocycles. The van der Waals surface area contributed by atoms with E-state index in [1.807, 2.05) is 18.2 Å². The van der Waals surface area contributed by atoms with E-state index in [-0.39, 0.29) is 11.4 Å². The monoisotopic (exact) mass is 415 g/mol. The average molecular weight is 415 g/mol. The zero-order valence-corrected chi connectivity index (χ0v) is 16.3. The minimum absolute atomic E-state index is 0.00558. The Hall–Kier alpha value is -4.40. The fourth-order valence-corrected chi connectivity index (χ4v) is 4.19. The molecule has 0 spiro atoms. The van der Waals surface area contributed by atoms with Crippen molar-refractivity contribution in [1.82, 2.24) is 15.2 Å². The summed E-state index contributed by atoms with van der Waals surface area (Å²) in [5, 5.41) is 21.8. The van der Waals surface area contributed by atoms with E-state index in [1.54, 1.807) is 24.4 Å². The third-order valence-electron chi connectivity index (χ3n) is 5.54. The summed E-state index contributed by atoms with van der Waals surface area (Å²) in [5.74, 6) is -1.26. The minimum Gasteiger partial charge on any atom is -0.508 e. The molecule has 0 bridgehead atoms. The molecule has 5 rings (SSSR count). The Morgan fingerprint density at radius 1 is 1.10 bits per heavy atom. The number of anilines is 1. The van der Waals surface area contributed by atoms with E-state index in [2.05, 4.69) is 20.5 Å². The zero-order valence-electron chi connectivity index (χ0n) is 16.3. The van der Waals surface area contributed by atoms with Gasteiger partial charge in [0.1, 0.15) is 5.75 Å². The van der Waals surface area contributed by atoms with Gasteiger partial charge in [-0.3, -0.25) is 4.79 Å². The van der Waals surface area contributed by atoms with Gasteiger partial charge in [0.25, 0.3) is 5.91 Å². The number of primary amides is 1. The number of esters is 1. The third-order valence-corrected chi connectivity index (χ3v) is 5.54. The first-order chi connectivity index (χ1) is 15.0. The van der Waals surface area contributed by atoms with Crippen LogP contribution in [0.25, 0.3) is 22.2 Å². The minimum atomic E-state index is -1.50. The van der Waals surface area contributed by atoms with Crippen LogP contribution in [0, 0.1) is 0 Å². The van der Waals surface area contributed by atoms with Crippen LogP contribution in [-0.4, -0.2) is 39.3 Å². The van der Waals surface area contributed by atoms with E-state index in [0.29, 0.717) is 39.0 Å². The van der Waals surface area contributed by atoms with Gasteiger partial charge in [0, 0.05) is 34.0 Å². The summed E-state index contributed by atoms with van der Waals surface area (Å²) >= 11 is 0. The lowest BCUT2D eigenvalue weighted by molar-refractivity contribution is -0.144. The number of aromatic amines is 1. The Morgan fingerprint density at radius 3 is 2.55 bits per heavy atom. The molecular weight excluding hydrogens is 398 g/mol. The lowest BCUT2D eigenvalue weighted by atomic mass is 9.82. The van der Waals surface area contributed by atoms with Crippen LogP contribution in [0.2, 0.25) is 0 Å². The number of amides is 1. The van der Waals surface area contributed by atoms with Crippen molar-refractivity contribution in [2.24, 2.45) is 5.73 Å². The highest BCUT2D eigenvalue weighted by atomic mass is 16.5. The van der Waals surface area contributed by atoms with Crippen molar-refractivity contribution >= 4 is 28.6 Å². The molecule has 9 heteroatoms. The Morgan fingerprint density at radius 2 is 1.84 bits per heavy atom. The van der Waals surface area contributed by atoms with E-state index in [0.717, 1.165) is 0 Å². The van der Waals surface area contributed by atoms with Crippen molar-refractivity contribution in [2.45, 2.75) is 5.54 Å². The van der Waals surface area contributed by atoms with Crippen molar-refractivity contribution < 1.29 is 19.4 Å². The summed E-state index contributed by atoms with van der Waals surface area (Å²) in [7, 11) is 1.30. The first-order valence-electron chi connectivity index (χ1n) is 9.41. The molecule has 154 valence electrons. The van der Waals surface area contributed by atoms with Crippen LogP contribution in [-0.2, 0) is 15.1 Å². The summed E-state index contributed by atoms with van der Waals surface area (Å²) in [5.41, 5.74) is 7.21. The number of hydrogen-bond acceptors (Lipinski definition) is 7. The number of aromatic hydroxyl groups is 1. The first-order valence-corrected chi connectivity index (χ1v) is 9.41. The first kappa shape index (κ1) is 18.6. The molecule has 2 aromatic carbocycles. The van der Waals surface area contributed by atoms with Gasteiger partial charge in [-0.15, -0.1) is 10.2 Å². The Balaban J connectivity index is 1.99. The molecule has 0 radical (unpaired) electrons. The predicted molar refractivity (Wildman–Crippen MR) is 112 cm³/mol. The van der Waals surface area contributed by atoms with E-state index >= 15 is 0 Å². The van der Waals surface area contributed by atoms with Crippen molar-refractivity contribution in [3.8, 4) is 16.9 Å². The zero-order chi connectivity index (χ0) is 21.8. The summed E-state index contributed by atoms with van der Waals surface area (Å²) in [4.78, 5) is 28.7. The van der Waals surface area contributed by atoms with Crippen molar-refractivity contribution in [2.75, 3.05) is 12.4 Å². The number of nitrogens with one attached hydrogen (secondary N) is 2. The number of ether oxygens (including phenoxy) is 1. The molecule has 1 aliphatic rings. The summed E-state index contributed by atoms with van der Waals surface area (Å²) in [6, 6.07) is 13.5. The number of nitrogens with two attached hydrogens (primary N) is 1. The van der Waals surface area contributed by atoms with Gasteiger partial charge >= 0.3 is 5.97 Å². The highest BCUT2D eigenvalue weighted by Gasteiger charge is 2.48. The Bertz CT molecular complexity index is 1360. The number of phenolic OH excluding ortho intramolecular Hbond substituents is 1. The van der Waals surface area contributed by atoms with Crippen molar-refractivity contribution in [3.05, 3.63) is 71.5 Å². The Labute approximate surface area is 175 Å². The fraction of sp³-hybridized carbons (Fsp3) is 0.0909. The molecule has 5 N–H and O–H groups in total. The lowest BCUT2D eigenvalue weighted by Gasteiger charge is -2.32. The quantitative estimate of drug-likeness (QED) is 0.376. The van der Waals surface area contributed by atoms with E-state index in [1.165, 1.54) is 19.2 Å². The predicted octanol–water partition coefficient (Wildman–Crippen LogP) is 2.27. The molecule has 1 amide bonds. The largest absolute Gasteiger partial charge is 0.508 e. The maximum atomic E-state index is 13.4. The van der Waals surface area contributed by atoms with Crippen LogP contribution < -0.4 is 11.1 Å². The van der Waals surface area contributed by atoms with Gasteiger partial charge in [0.15, 0.2) is 16.9 Å². The smallest absolute Gasteiger partial charge is 0.341 e. The number of H-pyrrole nitrogens is 1.